The molecular formula is C20H17F3N2O6S. The van der Waals surface area contributed by atoms with Crippen LogP contribution in [0.4, 0.5) is 18.0 Å². The Kier molecular flexibility index (Phi) is 7.44. The van der Waals surface area contributed by atoms with Crippen molar-refractivity contribution >= 4 is 17.1 Å². The van der Waals surface area contributed by atoms with Gasteiger partial charge in [-0.25, -0.2) is 9.59 Å². The van der Waals surface area contributed by atoms with Gasteiger partial charge in [0, 0.05) is 17.5 Å². The molecule has 2 aromatic rings. The van der Waals surface area contributed by atoms with Gasteiger partial charge in [0.2, 0.25) is 0 Å². The number of rotatable bonds is 6. The molecule has 0 saturated carbocycles. The zero-order chi connectivity index (χ0) is 23.3. The highest BCUT2D eigenvalue weighted by Crippen LogP contribution is 2.32. The van der Waals surface area contributed by atoms with Crippen LogP contribution in [-0.4, -0.2) is 40.3 Å². The summed E-state index contributed by atoms with van der Waals surface area (Å²) in [7, 11) is 0. The van der Waals surface area contributed by atoms with Crippen molar-refractivity contribution in [3.8, 4) is 12.3 Å². The van der Waals surface area contributed by atoms with Gasteiger partial charge in [-0.3, -0.25) is 14.3 Å². The molecule has 170 valence electrons. The molecular weight excluding hydrogens is 453 g/mol. The summed E-state index contributed by atoms with van der Waals surface area (Å²) in [6.45, 7) is -0.410. The van der Waals surface area contributed by atoms with E-state index < -0.39 is 46.7 Å². The quantitative estimate of drug-likeness (QED) is 0.394. The topological polar surface area (TPSA) is 99.6 Å². The summed E-state index contributed by atoms with van der Waals surface area (Å²) >= 11 is 0.842. The first kappa shape index (κ1) is 23.6. The lowest BCUT2D eigenvalue weighted by Gasteiger charge is -2.18. The maximum absolute atomic E-state index is 13.1. The van der Waals surface area contributed by atoms with E-state index in [9.17, 15) is 27.6 Å². The number of aromatic amines is 1. The molecule has 1 fully saturated rings. The van der Waals surface area contributed by atoms with Gasteiger partial charge in [0.25, 0.3) is 5.56 Å². The number of carbonyl (C=O) groups excluding carboxylic acids is 1. The van der Waals surface area contributed by atoms with Gasteiger partial charge in [0.1, 0.15) is 31.1 Å². The molecule has 0 amide bonds. The van der Waals surface area contributed by atoms with Gasteiger partial charge in [-0.05, 0) is 23.9 Å². The summed E-state index contributed by atoms with van der Waals surface area (Å²) in [4.78, 5) is 38.0. The van der Waals surface area contributed by atoms with Crippen LogP contribution in [0.15, 0.2) is 51.0 Å². The molecule has 0 unspecified atom stereocenters. The van der Waals surface area contributed by atoms with E-state index in [4.69, 9.17) is 20.6 Å². The number of nitrogens with one attached hydrogen (secondary N) is 1. The average Bonchev–Trinajstić information content (AvgIpc) is 3.13. The summed E-state index contributed by atoms with van der Waals surface area (Å²) in [5.41, 5.74) is -4.18. The summed E-state index contributed by atoms with van der Waals surface area (Å²) in [5.74, 6) is 2.26. The zero-order valence-corrected chi connectivity index (χ0v) is 17.2. The Balaban J connectivity index is 1.74. The lowest BCUT2D eigenvalue weighted by Crippen LogP contribution is -2.36. The Morgan fingerprint density at radius 2 is 2.03 bits per heavy atom. The van der Waals surface area contributed by atoms with Gasteiger partial charge in [-0.15, -0.1) is 6.42 Å². The van der Waals surface area contributed by atoms with Gasteiger partial charge < -0.3 is 14.2 Å². The first-order chi connectivity index (χ1) is 15.2. The van der Waals surface area contributed by atoms with Crippen LogP contribution in [0, 0.1) is 12.3 Å². The molecule has 0 radical (unpaired) electrons. The second kappa shape index (κ2) is 10.1. The van der Waals surface area contributed by atoms with Crippen LogP contribution in [-0.2, 0) is 20.4 Å². The number of benzene rings is 1. The number of hydrogen-bond acceptors (Lipinski definition) is 7. The fraction of sp³-hybridized carbons (Fsp3) is 0.350. The van der Waals surface area contributed by atoms with Crippen molar-refractivity contribution in [1.82, 2.24) is 9.55 Å². The molecule has 2 heterocycles. The van der Waals surface area contributed by atoms with Crippen molar-refractivity contribution in [1.29, 1.82) is 0 Å². The highest BCUT2D eigenvalue weighted by molar-refractivity contribution is 8.13. The van der Waals surface area contributed by atoms with Crippen LogP contribution in [0.25, 0.3) is 0 Å². The maximum atomic E-state index is 13.1. The Morgan fingerprint density at radius 1 is 1.31 bits per heavy atom. The molecule has 8 nitrogen and oxygen atoms in total. The smallest absolute Gasteiger partial charge is 0.423 e. The number of hydrogen-bond donors (Lipinski definition) is 1. The van der Waals surface area contributed by atoms with Crippen molar-refractivity contribution in [2.45, 2.75) is 35.9 Å². The van der Waals surface area contributed by atoms with E-state index in [0.29, 0.717) is 15.7 Å². The lowest BCUT2D eigenvalue weighted by atomic mass is 10.2. The van der Waals surface area contributed by atoms with Gasteiger partial charge in [-0.1, -0.05) is 24.1 Å². The Hall–Kier alpha value is -3.01. The first-order valence-corrected chi connectivity index (χ1v) is 10.0. The van der Waals surface area contributed by atoms with E-state index >= 15 is 0 Å². The van der Waals surface area contributed by atoms with E-state index in [2.05, 4.69) is 5.92 Å². The van der Waals surface area contributed by atoms with Gasteiger partial charge in [-0.2, -0.15) is 13.2 Å². The molecule has 1 aromatic carbocycles. The molecule has 3 rings (SSSR count). The predicted octanol–water partition coefficient (Wildman–Crippen LogP) is 2.79. The van der Waals surface area contributed by atoms with Crippen LogP contribution in [0.5, 0.6) is 0 Å². The molecule has 32 heavy (non-hydrogen) atoms. The molecule has 1 saturated heterocycles. The third-order valence-corrected chi connectivity index (χ3v) is 5.25. The summed E-state index contributed by atoms with van der Waals surface area (Å²) in [5, 5.41) is -0.625. The van der Waals surface area contributed by atoms with E-state index in [0.717, 1.165) is 11.8 Å². The summed E-state index contributed by atoms with van der Waals surface area (Å²) in [6, 6.07) is 8.72. The molecule has 1 aliphatic rings. The van der Waals surface area contributed by atoms with E-state index in [1.54, 1.807) is 35.3 Å². The van der Waals surface area contributed by atoms with Crippen LogP contribution >= 0.6 is 11.8 Å². The number of ether oxygens (including phenoxy) is 3. The molecule has 1 aromatic heterocycles. The van der Waals surface area contributed by atoms with Crippen molar-refractivity contribution in [3.63, 3.8) is 0 Å². The van der Waals surface area contributed by atoms with Gasteiger partial charge >= 0.3 is 17.2 Å². The molecule has 1 N–H and O–H groups in total. The largest absolute Gasteiger partial charge is 0.454 e. The Morgan fingerprint density at radius 3 is 2.69 bits per heavy atom. The van der Waals surface area contributed by atoms with E-state index in [1.807, 2.05) is 0 Å². The van der Waals surface area contributed by atoms with E-state index in [1.165, 1.54) is 0 Å². The van der Waals surface area contributed by atoms with Crippen LogP contribution < -0.4 is 11.2 Å². The zero-order valence-electron chi connectivity index (χ0n) is 16.3. The number of H-pyrrole nitrogens is 1. The minimum absolute atomic E-state index is 0.0566. The van der Waals surface area contributed by atoms with Crippen LogP contribution in [0.3, 0.4) is 0 Å². The standard InChI is InChI=1S/C20H17F3N2O6S/c1-2-8-29-14-9-16(25-10-13(20(21,22)23)17(26)24-18(25)27)31-15(14)11-30-19(28)32-12-6-4-3-5-7-12/h1,3-7,10,14-16H,8-9,11H2,(H,24,26,27)/t14-,15+,16+/m0/s1. The van der Waals surface area contributed by atoms with Crippen molar-refractivity contribution in [2.75, 3.05) is 13.2 Å². The van der Waals surface area contributed by atoms with Crippen LogP contribution in [0.2, 0.25) is 0 Å². The number of nitrogens with zero attached hydrogens (tertiary/aromatic N) is 1. The minimum atomic E-state index is -4.97. The molecule has 1 aliphatic heterocycles. The van der Waals surface area contributed by atoms with E-state index in [-0.39, 0.29) is 19.6 Å². The second-order valence-electron chi connectivity index (χ2n) is 6.60. The lowest BCUT2D eigenvalue weighted by molar-refractivity contribution is -0.139. The van der Waals surface area contributed by atoms with Gasteiger partial charge in [0.05, 0.1) is 6.10 Å². The maximum Gasteiger partial charge on any atom is 0.423 e. The average molecular weight is 470 g/mol. The number of terminal acetylenes is 1. The minimum Gasteiger partial charge on any atom is -0.454 e. The fourth-order valence-corrected chi connectivity index (χ4v) is 3.63. The number of thioether (sulfide) groups is 1. The predicted molar refractivity (Wildman–Crippen MR) is 107 cm³/mol. The van der Waals surface area contributed by atoms with Crippen molar-refractivity contribution in [3.05, 3.63) is 62.9 Å². The number of halogens is 3. The number of carbonyl (C=O) groups is 1. The Bertz CT molecular complexity index is 1110. The summed E-state index contributed by atoms with van der Waals surface area (Å²) < 4.78 is 56.1. The molecule has 12 heteroatoms. The monoisotopic (exact) mass is 470 g/mol. The third kappa shape index (κ3) is 5.82. The van der Waals surface area contributed by atoms with Crippen LogP contribution in [0.1, 0.15) is 18.2 Å². The normalized spacial score (nSPS) is 20.6. The highest BCUT2D eigenvalue weighted by atomic mass is 32.2. The van der Waals surface area contributed by atoms with Gasteiger partial charge in [0.15, 0.2) is 0 Å². The summed E-state index contributed by atoms with van der Waals surface area (Å²) in [6.07, 6.45) is -2.31. The Labute approximate surface area is 183 Å². The SMILES string of the molecule is C#CCO[C@H]1C[C@H](n2cc(C(F)(F)F)c(=O)[nH]c2=O)O[C@@H]1COC(=O)Sc1ccccc1. The molecule has 3 atom stereocenters. The second-order valence-corrected chi connectivity index (χ2v) is 7.61. The number of alkyl halides is 3. The fourth-order valence-electron chi connectivity index (χ4n) is 3.02. The molecule has 0 aliphatic carbocycles. The van der Waals surface area contributed by atoms with Crippen molar-refractivity contribution < 1.29 is 32.2 Å². The van der Waals surface area contributed by atoms with Crippen molar-refractivity contribution in [2.24, 2.45) is 0 Å². The molecule has 0 bridgehead atoms. The number of aromatic nitrogens is 2. The first-order valence-electron chi connectivity index (χ1n) is 9.22. The highest BCUT2D eigenvalue weighted by Gasteiger charge is 2.40. The third-order valence-electron chi connectivity index (χ3n) is 4.45. The molecule has 0 spiro atoms.